The van der Waals surface area contributed by atoms with Crippen LogP contribution < -0.4 is 15.0 Å². The van der Waals surface area contributed by atoms with Crippen LogP contribution in [-0.4, -0.2) is 63.7 Å². The number of carbonyl (C=O) groups excluding carboxylic acids is 1. The first kappa shape index (κ1) is 24.3. The molecule has 1 aliphatic heterocycles. The van der Waals surface area contributed by atoms with Crippen molar-refractivity contribution < 1.29 is 19.4 Å². The lowest BCUT2D eigenvalue weighted by Crippen LogP contribution is -2.58. The van der Waals surface area contributed by atoms with Gasteiger partial charge in [0.25, 0.3) is 0 Å². The molecular formula is C25H30N6O4. The molecule has 3 aromatic rings. The SMILES string of the molecule is CCOc1cc(-c2ccc(N3CCC(CO)(NC(=O)OC(C)C)CC3)nc2)c2c(C#N)cnn2c1. The highest BCUT2D eigenvalue weighted by Gasteiger charge is 2.36. The number of aliphatic hydroxyl groups excluding tert-OH is 1. The number of carbonyl (C=O) groups is 1. The summed E-state index contributed by atoms with van der Waals surface area (Å²) in [5.41, 5.74) is 2.14. The van der Waals surface area contributed by atoms with Crippen molar-refractivity contribution in [2.24, 2.45) is 0 Å². The summed E-state index contributed by atoms with van der Waals surface area (Å²) in [7, 11) is 0. The number of nitriles is 1. The number of pyridine rings is 2. The van der Waals surface area contributed by atoms with Gasteiger partial charge in [-0.15, -0.1) is 0 Å². The number of fused-ring (bicyclic) bond motifs is 1. The van der Waals surface area contributed by atoms with E-state index in [4.69, 9.17) is 9.47 Å². The number of rotatable bonds is 7. The third-order valence-electron chi connectivity index (χ3n) is 6.13. The standard InChI is InChI=1S/C25H30N6O4/c1-4-34-20-11-21(23-19(12-26)14-28-31(23)15-20)18-5-6-22(27-13-18)30-9-7-25(16-32,8-10-30)29-24(33)35-17(2)3/h5-6,11,13-15,17,32H,4,7-10,16H2,1-3H3,(H,29,33). The van der Waals surface area contributed by atoms with Crippen LogP contribution in [0.15, 0.2) is 36.8 Å². The zero-order valence-corrected chi connectivity index (χ0v) is 20.2. The van der Waals surface area contributed by atoms with E-state index in [0.29, 0.717) is 49.4 Å². The van der Waals surface area contributed by atoms with Crippen LogP contribution in [0.3, 0.4) is 0 Å². The fourth-order valence-electron chi connectivity index (χ4n) is 4.32. The van der Waals surface area contributed by atoms with Crippen LogP contribution in [0.5, 0.6) is 5.75 Å². The van der Waals surface area contributed by atoms with E-state index in [1.807, 2.05) is 25.1 Å². The first-order chi connectivity index (χ1) is 16.9. The van der Waals surface area contributed by atoms with Crippen molar-refractivity contribution in [1.29, 1.82) is 5.26 Å². The molecular weight excluding hydrogens is 448 g/mol. The van der Waals surface area contributed by atoms with Crippen molar-refractivity contribution in [3.63, 3.8) is 0 Å². The average molecular weight is 479 g/mol. The van der Waals surface area contributed by atoms with Gasteiger partial charge in [0.05, 0.1) is 48.3 Å². The molecule has 10 nitrogen and oxygen atoms in total. The van der Waals surface area contributed by atoms with Crippen molar-refractivity contribution in [3.8, 4) is 22.9 Å². The molecule has 35 heavy (non-hydrogen) atoms. The number of nitrogens with one attached hydrogen (secondary N) is 1. The van der Waals surface area contributed by atoms with E-state index in [-0.39, 0.29) is 12.7 Å². The summed E-state index contributed by atoms with van der Waals surface area (Å²) in [4.78, 5) is 18.9. The summed E-state index contributed by atoms with van der Waals surface area (Å²) in [5.74, 6) is 1.46. The normalized spacial score (nSPS) is 15.1. The molecule has 0 aliphatic carbocycles. The first-order valence-corrected chi connectivity index (χ1v) is 11.7. The van der Waals surface area contributed by atoms with Crippen molar-refractivity contribution in [1.82, 2.24) is 19.9 Å². The second-order valence-electron chi connectivity index (χ2n) is 8.90. The van der Waals surface area contributed by atoms with Crippen LogP contribution >= 0.6 is 0 Å². The molecule has 3 aromatic heterocycles. The highest BCUT2D eigenvalue weighted by molar-refractivity contribution is 5.85. The van der Waals surface area contributed by atoms with Gasteiger partial charge in [0.1, 0.15) is 17.6 Å². The lowest BCUT2D eigenvalue weighted by molar-refractivity contribution is 0.0817. The van der Waals surface area contributed by atoms with Gasteiger partial charge in [-0.05, 0) is 51.8 Å². The minimum Gasteiger partial charge on any atom is -0.492 e. The molecule has 1 saturated heterocycles. The van der Waals surface area contributed by atoms with Crippen molar-refractivity contribution in [2.75, 3.05) is 31.2 Å². The molecule has 0 bridgehead atoms. The number of piperidine rings is 1. The summed E-state index contributed by atoms with van der Waals surface area (Å²) >= 11 is 0. The number of aliphatic hydroxyl groups is 1. The average Bonchev–Trinajstić information content (AvgIpc) is 3.27. The quantitative estimate of drug-likeness (QED) is 0.531. The molecule has 1 amide bonds. The van der Waals surface area contributed by atoms with E-state index in [9.17, 15) is 15.2 Å². The predicted octanol–water partition coefficient (Wildman–Crippen LogP) is 3.13. The van der Waals surface area contributed by atoms with E-state index in [1.54, 1.807) is 37.0 Å². The fraction of sp³-hybridized carbons (Fsp3) is 0.440. The summed E-state index contributed by atoms with van der Waals surface area (Å²) in [5, 5.41) is 26.7. The molecule has 1 fully saturated rings. The minimum absolute atomic E-state index is 0.154. The van der Waals surface area contributed by atoms with Crippen LogP contribution in [0.4, 0.5) is 10.6 Å². The number of hydrogen-bond donors (Lipinski definition) is 2. The van der Waals surface area contributed by atoms with Gasteiger partial charge in [0.2, 0.25) is 0 Å². The maximum absolute atomic E-state index is 12.1. The number of ether oxygens (including phenoxy) is 2. The molecule has 184 valence electrons. The summed E-state index contributed by atoms with van der Waals surface area (Å²) in [6.45, 7) is 7.10. The van der Waals surface area contributed by atoms with Gasteiger partial charge in [-0.25, -0.2) is 14.3 Å². The Bertz CT molecular complexity index is 1220. The number of alkyl carbamates (subject to hydrolysis) is 1. The topological polar surface area (TPSA) is 125 Å². The van der Waals surface area contributed by atoms with E-state index in [1.165, 1.54) is 0 Å². The van der Waals surface area contributed by atoms with Gasteiger partial charge in [-0.2, -0.15) is 10.4 Å². The molecule has 4 heterocycles. The van der Waals surface area contributed by atoms with Gasteiger partial charge in [0.15, 0.2) is 0 Å². The molecule has 0 atom stereocenters. The molecule has 0 spiro atoms. The maximum Gasteiger partial charge on any atom is 0.407 e. The van der Waals surface area contributed by atoms with Crippen molar-refractivity contribution in [3.05, 3.63) is 42.4 Å². The maximum atomic E-state index is 12.1. The third kappa shape index (κ3) is 5.15. The number of amides is 1. The van der Waals surface area contributed by atoms with Crippen LogP contribution in [0.2, 0.25) is 0 Å². The molecule has 4 rings (SSSR count). The largest absolute Gasteiger partial charge is 0.492 e. The second kappa shape index (κ2) is 10.2. The third-order valence-corrected chi connectivity index (χ3v) is 6.13. The van der Waals surface area contributed by atoms with E-state index in [2.05, 4.69) is 26.4 Å². The molecule has 0 aromatic carbocycles. The van der Waals surface area contributed by atoms with E-state index in [0.717, 1.165) is 16.9 Å². The lowest BCUT2D eigenvalue weighted by atomic mass is 9.88. The Kier molecular flexibility index (Phi) is 7.07. The van der Waals surface area contributed by atoms with Gasteiger partial charge in [-0.1, -0.05) is 0 Å². The van der Waals surface area contributed by atoms with Gasteiger partial charge in [0, 0.05) is 30.4 Å². The van der Waals surface area contributed by atoms with Crippen LogP contribution in [-0.2, 0) is 4.74 Å². The lowest BCUT2D eigenvalue weighted by Gasteiger charge is -2.41. The Morgan fingerprint density at radius 2 is 2.09 bits per heavy atom. The zero-order valence-electron chi connectivity index (χ0n) is 20.2. The molecule has 0 unspecified atom stereocenters. The zero-order chi connectivity index (χ0) is 25.0. The summed E-state index contributed by atoms with van der Waals surface area (Å²) in [6, 6.07) is 8.00. The first-order valence-electron chi connectivity index (χ1n) is 11.7. The summed E-state index contributed by atoms with van der Waals surface area (Å²) in [6.07, 6.45) is 5.48. The highest BCUT2D eigenvalue weighted by Crippen LogP contribution is 2.32. The Labute approximate surface area is 204 Å². The van der Waals surface area contributed by atoms with Crippen LogP contribution in [0.1, 0.15) is 39.2 Å². The molecule has 10 heteroatoms. The summed E-state index contributed by atoms with van der Waals surface area (Å²) < 4.78 is 12.5. The van der Waals surface area contributed by atoms with Gasteiger partial charge < -0.3 is 24.8 Å². The van der Waals surface area contributed by atoms with Crippen LogP contribution in [0, 0.1) is 11.3 Å². The fourth-order valence-corrected chi connectivity index (χ4v) is 4.32. The Balaban J connectivity index is 1.53. The smallest absolute Gasteiger partial charge is 0.407 e. The molecule has 2 N–H and O–H groups in total. The Hall–Kier alpha value is -3.84. The molecule has 1 aliphatic rings. The van der Waals surface area contributed by atoms with Crippen LogP contribution in [0.25, 0.3) is 16.6 Å². The number of nitrogens with zero attached hydrogens (tertiary/aromatic N) is 5. The Morgan fingerprint density at radius 3 is 2.69 bits per heavy atom. The van der Waals surface area contributed by atoms with Crippen molar-refractivity contribution >= 4 is 17.4 Å². The van der Waals surface area contributed by atoms with Gasteiger partial charge in [-0.3, -0.25) is 0 Å². The number of hydrogen-bond acceptors (Lipinski definition) is 8. The number of aromatic nitrogens is 3. The van der Waals surface area contributed by atoms with E-state index < -0.39 is 11.6 Å². The predicted molar refractivity (Wildman–Crippen MR) is 130 cm³/mol. The molecule has 0 saturated carbocycles. The minimum atomic E-state index is -0.705. The van der Waals surface area contributed by atoms with E-state index >= 15 is 0 Å². The Morgan fingerprint density at radius 1 is 1.31 bits per heavy atom. The second-order valence-corrected chi connectivity index (χ2v) is 8.90. The molecule has 0 radical (unpaired) electrons. The highest BCUT2D eigenvalue weighted by atomic mass is 16.6. The van der Waals surface area contributed by atoms with Crippen molar-refractivity contribution in [2.45, 2.75) is 45.3 Å². The van der Waals surface area contributed by atoms with Gasteiger partial charge >= 0.3 is 6.09 Å². The number of anilines is 1. The monoisotopic (exact) mass is 478 g/mol.